The zero-order valence-electron chi connectivity index (χ0n) is 10.2. The second kappa shape index (κ2) is 4.63. The molecule has 2 N–H and O–H groups in total. The average Bonchev–Trinajstić information content (AvgIpc) is 2.88. The van der Waals surface area contributed by atoms with E-state index in [4.69, 9.17) is 5.73 Å². The van der Waals surface area contributed by atoms with E-state index in [1.807, 2.05) is 0 Å². The minimum atomic E-state index is 0.226. The highest BCUT2D eigenvalue weighted by Gasteiger charge is 2.37. The van der Waals surface area contributed by atoms with Gasteiger partial charge in [-0.2, -0.15) is 0 Å². The summed E-state index contributed by atoms with van der Waals surface area (Å²) in [6.07, 6.45) is 4.13. The third-order valence-corrected chi connectivity index (χ3v) is 3.52. The molecule has 0 heterocycles. The Morgan fingerprint density at radius 2 is 2.00 bits per heavy atom. The molecule has 0 radical (unpaired) electrons. The van der Waals surface area contributed by atoms with Crippen LogP contribution < -0.4 is 5.73 Å². The summed E-state index contributed by atoms with van der Waals surface area (Å²) in [6, 6.07) is 0.604. The summed E-state index contributed by atoms with van der Waals surface area (Å²) in [5, 5.41) is 0. The molecule has 0 aromatic rings. The molecule has 0 aliphatic heterocycles. The number of nitrogens with zero attached hydrogens (tertiary/aromatic N) is 1. The van der Waals surface area contributed by atoms with Crippen molar-refractivity contribution in [1.82, 2.24) is 4.90 Å². The van der Waals surface area contributed by atoms with Gasteiger partial charge in [0.15, 0.2) is 0 Å². The smallest absolute Gasteiger partial charge is 0.0308 e. The van der Waals surface area contributed by atoms with Crippen molar-refractivity contribution in [1.29, 1.82) is 0 Å². The molecule has 0 bridgehead atoms. The van der Waals surface area contributed by atoms with E-state index in [9.17, 15) is 0 Å². The first-order chi connectivity index (χ1) is 6.53. The van der Waals surface area contributed by atoms with Crippen molar-refractivity contribution >= 4 is 0 Å². The molecule has 1 saturated carbocycles. The van der Waals surface area contributed by atoms with Crippen LogP contribution in [0.4, 0.5) is 0 Å². The second-order valence-corrected chi connectivity index (χ2v) is 5.23. The van der Waals surface area contributed by atoms with Gasteiger partial charge in [0.1, 0.15) is 0 Å². The molecule has 1 aliphatic rings. The molecule has 1 aliphatic carbocycles. The topological polar surface area (TPSA) is 29.3 Å². The fourth-order valence-corrected chi connectivity index (χ4v) is 2.63. The third-order valence-electron chi connectivity index (χ3n) is 3.52. The number of hydrogen-bond donors (Lipinski definition) is 1. The molecule has 0 aromatic carbocycles. The third kappa shape index (κ3) is 2.71. The van der Waals surface area contributed by atoms with Gasteiger partial charge >= 0.3 is 0 Å². The standard InChI is InChI=1S/C12H26N2/c1-5-14(10(2)3)12(4,9-13)8-11-6-7-11/h10-11H,5-9,13H2,1-4H3. The first-order valence-corrected chi connectivity index (χ1v) is 6.00. The number of hydrogen-bond acceptors (Lipinski definition) is 2. The molecule has 0 amide bonds. The normalized spacial score (nSPS) is 21.6. The van der Waals surface area contributed by atoms with Crippen LogP contribution >= 0.6 is 0 Å². The van der Waals surface area contributed by atoms with Gasteiger partial charge in [-0.05, 0) is 39.7 Å². The van der Waals surface area contributed by atoms with E-state index in [-0.39, 0.29) is 5.54 Å². The van der Waals surface area contributed by atoms with Gasteiger partial charge in [0, 0.05) is 18.1 Å². The highest BCUT2D eigenvalue weighted by atomic mass is 15.2. The molecule has 0 spiro atoms. The highest BCUT2D eigenvalue weighted by Crippen LogP contribution is 2.38. The summed E-state index contributed by atoms with van der Waals surface area (Å²) < 4.78 is 0. The summed E-state index contributed by atoms with van der Waals surface area (Å²) in [6.45, 7) is 11.0. The van der Waals surface area contributed by atoms with E-state index in [1.54, 1.807) is 0 Å². The predicted octanol–water partition coefficient (Wildman–Crippen LogP) is 2.23. The lowest BCUT2D eigenvalue weighted by molar-refractivity contribution is 0.0698. The Morgan fingerprint density at radius 1 is 1.43 bits per heavy atom. The van der Waals surface area contributed by atoms with E-state index in [0.717, 1.165) is 19.0 Å². The maximum Gasteiger partial charge on any atom is 0.0308 e. The summed E-state index contributed by atoms with van der Waals surface area (Å²) >= 11 is 0. The molecular weight excluding hydrogens is 172 g/mol. The number of nitrogens with two attached hydrogens (primary N) is 1. The molecule has 1 fully saturated rings. The SMILES string of the molecule is CCN(C(C)C)C(C)(CN)CC1CC1. The molecule has 84 valence electrons. The van der Waals surface area contributed by atoms with Crippen LogP contribution in [0.1, 0.15) is 47.0 Å². The molecule has 1 unspecified atom stereocenters. The van der Waals surface area contributed by atoms with Crippen LogP contribution in [0.2, 0.25) is 0 Å². The van der Waals surface area contributed by atoms with Crippen molar-refractivity contribution in [3.63, 3.8) is 0 Å². The van der Waals surface area contributed by atoms with Crippen LogP contribution in [0, 0.1) is 5.92 Å². The minimum Gasteiger partial charge on any atom is -0.329 e. The van der Waals surface area contributed by atoms with E-state index in [2.05, 4.69) is 32.6 Å². The zero-order chi connectivity index (χ0) is 10.8. The number of rotatable bonds is 6. The molecule has 0 aromatic heterocycles. The lowest BCUT2D eigenvalue weighted by Crippen LogP contribution is -2.54. The predicted molar refractivity (Wildman–Crippen MR) is 62.3 cm³/mol. The van der Waals surface area contributed by atoms with Crippen molar-refractivity contribution in [2.45, 2.75) is 58.5 Å². The van der Waals surface area contributed by atoms with Crippen LogP contribution in [-0.4, -0.2) is 29.6 Å². The Bertz CT molecular complexity index is 175. The molecule has 1 atom stereocenters. The van der Waals surface area contributed by atoms with Gasteiger partial charge in [0.2, 0.25) is 0 Å². The molecular formula is C12H26N2. The van der Waals surface area contributed by atoms with Crippen LogP contribution in [-0.2, 0) is 0 Å². The van der Waals surface area contributed by atoms with Crippen LogP contribution in [0.25, 0.3) is 0 Å². The number of likely N-dealkylation sites (N-methyl/N-ethyl adjacent to an activating group) is 1. The molecule has 2 nitrogen and oxygen atoms in total. The van der Waals surface area contributed by atoms with Gasteiger partial charge < -0.3 is 5.73 Å². The maximum absolute atomic E-state index is 5.96. The van der Waals surface area contributed by atoms with Gasteiger partial charge in [0.05, 0.1) is 0 Å². The fourth-order valence-electron chi connectivity index (χ4n) is 2.63. The van der Waals surface area contributed by atoms with Crippen LogP contribution in [0.15, 0.2) is 0 Å². The van der Waals surface area contributed by atoms with E-state index >= 15 is 0 Å². The lowest BCUT2D eigenvalue weighted by Gasteiger charge is -2.43. The Hall–Kier alpha value is -0.0800. The molecule has 14 heavy (non-hydrogen) atoms. The van der Waals surface area contributed by atoms with Gasteiger partial charge in [0.25, 0.3) is 0 Å². The zero-order valence-corrected chi connectivity index (χ0v) is 10.2. The lowest BCUT2D eigenvalue weighted by atomic mass is 9.91. The van der Waals surface area contributed by atoms with Crippen molar-refractivity contribution in [3.8, 4) is 0 Å². The van der Waals surface area contributed by atoms with E-state index in [0.29, 0.717) is 6.04 Å². The Kier molecular flexibility index (Phi) is 3.96. The van der Waals surface area contributed by atoms with Crippen molar-refractivity contribution in [2.75, 3.05) is 13.1 Å². The second-order valence-electron chi connectivity index (χ2n) is 5.23. The van der Waals surface area contributed by atoms with Gasteiger partial charge in [-0.1, -0.05) is 19.8 Å². The van der Waals surface area contributed by atoms with E-state index < -0.39 is 0 Å². The summed E-state index contributed by atoms with van der Waals surface area (Å²) in [5.74, 6) is 0.955. The summed E-state index contributed by atoms with van der Waals surface area (Å²) in [7, 11) is 0. The highest BCUT2D eigenvalue weighted by molar-refractivity contribution is 4.93. The van der Waals surface area contributed by atoms with Gasteiger partial charge in [-0.3, -0.25) is 4.90 Å². The van der Waals surface area contributed by atoms with Crippen LogP contribution in [0.3, 0.4) is 0 Å². The Labute approximate surface area is 88.8 Å². The molecule has 2 heteroatoms. The molecule has 0 saturated heterocycles. The van der Waals surface area contributed by atoms with Crippen LogP contribution in [0.5, 0.6) is 0 Å². The fraction of sp³-hybridized carbons (Fsp3) is 1.00. The van der Waals surface area contributed by atoms with Gasteiger partial charge in [-0.15, -0.1) is 0 Å². The van der Waals surface area contributed by atoms with E-state index in [1.165, 1.54) is 19.3 Å². The maximum atomic E-state index is 5.96. The Balaban J connectivity index is 2.62. The minimum absolute atomic E-state index is 0.226. The van der Waals surface area contributed by atoms with Crippen molar-refractivity contribution in [3.05, 3.63) is 0 Å². The molecule has 1 rings (SSSR count). The quantitative estimate of drug-likeness (QED) is 0.709. The van der Waals surface area contributed by atoms with Crippen molar-refractivity contribution < 1.29 is 0 Å². The van der Waals surface area contributed by atoms with Crippen molar-refractivity contribution in [2.24, 2.45) is 11.7 Å². The monoisotopic (exact) mass is 198 g/mol. The summed E-state index contributed by atoms with van der Waals surface area (Å²) in [4.78, 5) is 2.55. The average molecular weight is 198 g/mol. The largest absolute Gasteiger partial charge is 0.329 e. The first-order valence-electron chi connectivity index (χ1n) is 6.00. The van der Waals surface area contributed by atoms with Gasteiger partial charge in [-0.25, -0.2) is 0 Å². The first kappa shape index (κ1) is 12.0. The summed E-state index contributed by atoms with van der Waals surface area (Å²) in [5.41, 5.74) is 6.18. The Morgan fingerprint density at radius 3 is 2.29 bits per heavy atom.